The number of unbranched alkanes of at least 4 members (excludes halogenated alkanes) is 2. The van der Waals surface area contributed by atoms with Crippen molar-refractivity contribution in [1.82, 2.24) is 53.2 Å². The molecule has 0 rings (SSSR count). The van der Waals surface area contributed by atoms with Crippen molar-refractivity contribution < 1.29 is 53.1 Å². The molecular formula is C58H112N16O11. The molecule has 0 unspecified atom stereocenters. The zero-order valence-electron chi connectivity index (χ0n) is 53.3. The van der Waals surface area contributed by atoms with Gasteiger partial charge in [-0.25, -0.2) is 0 Å². The summed E-state index contributed by atoms with van der Waals surface area (Å²) in [6.45, 7) is 24.8. The van der Waals surface area contributed by atoms with Crippen LogP contribution < -0.4 is 81.8 Å². The molecule has 10 amide bonds. The second-order valence-electron chi connectivity index (χ2n) is 24.5. The maximum Gasteiger partial charge on any atom is 0.245 e. The Kier molecular flexibility index (Phi) is 39.5. The molecule has 0 aromatic carbocycles. The van der Waals surface area contributed by atoms with Crippen LogP contribution in [0.2, 0.25) is 0 Å². The van der Waals surface area contributed by atoms with Gasteiger partial charge in [-0.3, -0.25) is 52.9 Å². The van der Waals surface area contributed by atoms with E-state index < -0.39 is 120 Å². The topological polar surface area (TPSA) is 454 Å². The number of nitrogens with one attached hydrogen (secondary N) is 10. The molecular weight excluding hydrogens is 1100 g/mol. The molecule has 0 radical (unpaired) electrons. The van der Waals surface area contributed by atoms with E-state index in [-0.39, 0.29) is 113 Å². The van der Waals surface area contributed by atoms with Gasteiger partial charge in [-0.2, -0.15) is 0 Å². The first-order valence-corrected chi connectivity index (χ1v) is 30.6. The normalized spacial score (nSPS) is 15.4. The molecule has 27 heteroatoms. The minimum Gasteiger partial charge on any atom is -0.391 e. The molecule has 85 heavy (non-hydrogen) atoms. The van der Waals surface area contributed by atoms with Crippen molar-refractivity contribution in [3.63, 3.8) is 0 Å². The van der Waals surface area contributed by atoms with Crippen LogP contribution in [0.5, 0.6) is 0 Å². The molecule has 0 saturated heterocycles. The van der Waals surface area contributed by atoms with Gasteiger partial charge in [-0.15, -0.1) is 0 Å². The average Bonchev–Trinajstić information content (AvgIpc) is 3.62. The SMILES string of the molecule is CC[C@H](C)[C@H](NC(=O)[C@H](CCCN=C(N)N)NC(=O)[C@H](CCCCN)NC(=O)[C@H](CC(C)C)NC(=O)[C@H](CC(C)C)NC(=O)CNCC(C)C)C(=O)N[C@@H](CCCCN)C(=O)N[C@H](C(=O)N[C@@H](CC(C)C)C(=O)N[C@@H](CC(C)C)C(N)=O)[C@@H](C)O. The Morgan fingerprint density at radius 2 is 0.753 bits per heavy atom. The highest BCUT2D eigenvalue weighted by Crippen LogP contribution is 2.15. The van der Waals surface area contributed by atoms with Crippen LogP contribution in [0.15, 0.2) is 4.99 Å². The molecule has 21 N–H and O–H groups in total. The third-order valence-corrected chi connectivity index (χ3v) is 13.8. The van der Waals surface area contributed by atoms with Crippen molar-refractivity contribution >= 4 is 65.0 Å². The van der Waals surface area contributed by atoms with Crippen molar-refractivity contribution in [1.29, 1.82) is 0 Å². The van der Waals surface area contributed by atoms with Gasteiger partial charge in [0.05, 0.1) is 12.6 Å². The van der Waals surface area contributed by atoms with E-state index in [1.165, 1.54) is 6.92 Å². The highest BCUT2D eigenvalue weighted by molar-refractivity contribution is 5.98. The zero-order valence-corrected chi connectivity index (χ0v) is 53.3. The summed E-state index contributed by atoms with van der Waals surface area (Å²) < 4.78 is 0. The predicted molar refractivity (Wildman–Crippen MR) is 329 cm³/mol. The summed E-state index contributed by atoms with van der Waals surface area (Å²) in [5.41, 5.74) is 28.4. The summed E-state index contributed by atoms with van der Waals surface area (Å²) >= 11 is 0. The molecule has 0 fully saturated rings. The molecule has 0 heterocycles. The molecule has 0 aliphatic heterocycles. The summed E-state index contributed by atoms with van der Waals surface area (Å²) in [4.78, 5) is 143. The largest absolute Gasteiger partial charge is 0.391 e. The van der Waals surface area contributed by atoms with Crippen LogP contribution in [0.4, 0.5) is 0 Å². The van der Waals surface area contributed by atoms with Crippen molar-refractivity contribution in [3.8, 4) is 0 Å². The van der Waals surface area contributed by atoms with Gasteiger partial charge in [-0.05, 0) is 139 Å². The fraction of sp³-hybridized carbons (Fsp3) is 0.810. The van der Waals surface area contributed by atoms with E-state index in [4.69, 9.17) is 28.7 Å². The van der Waals surface area contributed by atoms with Crippen LogP contribution in [0.25, 0.3) is 0 Å². The average molecular weight is 1210 g/mol. The zero-order chi connectivity index (χ0) is 65.1. The Hall–Kier alpha value is -6.19. The first-order chi connectivity index (χ1) is 39.8. The van der Waals surface area contributed by atoms with Gasteiger partial charge >= 0.3 is 0 Å². The third kappa shape index (κ3) is 33.9. The lowest BCUT2D eigenvalue weighted by Gasteiger charge is -2.30. The van der Waals surface area contributed by atoms with Crippen LogP contribution in [0, 0.1) is 35.5 Å². The molecule has 11 atom stereocenters. The summed E-state index contributed by atoms with van der Waals surface area (Å²) in [6.07, 6.45) is 1.53. The van der Waals surface area contributed by atoms with Gasteiger partial charge in [0, 0.05) is 6.54 Å². The van der Waals surface area contributed by atoms with E-state index in [2.05, 4.69) is 58.2 Å². The molecule has 490 valence electrons. The number of hydrogen-bond donors (Lipinski definition) is 16. The fourth-order valence-corrected chi connectivity index (χ4v) is 9.07. The van der Waals surface area contributed by atoms with Crippen molar-refractivity contribution in [2.24, 2.45) is 69.2 Å². The predicted octanol–water partition coefficient (Wildman–Crippen LogP) is -0.997. The van der Waals surface area contributed by atoms with Gasteiger partial charge in [0.15, 0.2) is 5.96 Å². The standard InChI is InChI=1S/C58H112N16O11/c1-14-37(12)47(56(84)69-40(21-16-18-24-60)52(80)74-48(38(13)75)57(85)72-45(29-35(8)9)55(83)70-42(49(61)77)26-32(2)3)73-51(79)41(22-19-25-65-58(62)63)67-50(78)39(20-15-17-23-59)68-54(82)44(28-34(6)7)71-53(81)43(27-33(4)5)66-46(76)31-64-30-36(10)11/h32-45,47-48,64,75H,14-31,59-60H2,1-13H3,(H2,61,77)(H,66,76)(H,67,78)(H,68,82)(H,69,84)(H,70,83)(H,71,81)(H,72,85)(H,73,79)(H,74,80)(H4,62,63,65)/t37-,38+,39-,40-,41-,42-,43-,44-,45-,47-,48-/m0/s1. The Morgan fingerprint density at radius 3 is 1.14 bits per heavy atom. The number of carbonyl (C=O) groups is 10. The van der Waals surface area contributed by atoms with Crippen LogP contribution in [-0.2, 0) is 47.9 Å². The van der Waals surface area contributed by atoms with E-state index >= 15 is 0 Å². The lowest BCUT2D eigenvalue weighted by atomic mass is 9.96. The number of nitrogens with two attached hydrogens (primary N) is 5. The first-order valence-electron chi connectivity index (χ1n) is 30.6. The molecule has 0 aliphatic rings. The number of rotatable bonds is 45. The van der Waals surface area contributed by atoms with E-state index in [1.54, 1.807) is 13.8 Å². The lowest BCUT2D eigenvalue weighted by Crippen LogP contribution is -2.62. The number of primary amides is 1. The van der Waals surface area contributed by atoms with Crippen LogP contribution in [0.1, 0.15) is 173 Å². The number of amides is 10. The number of nitrogens with zero attached hydrogens (tertiary/aromatic N) is 1. The number of aliphatic imine (C=N–C) groups is 1. The van der Waals surface area contributed by atoms with Crippen LogP contribution in [0.3, 0.4) is 0 Å². The van der Waals surface area contributed by atoms with Gasteiger partial charge in [0.25, 0.3) is 0 Å². The van der Waals surface area contributed by atoms with Crippen molar-refractivity contribution in [2.45, 2.75) is 234 Å². The number of guanidine groups is 1. The van der Waals surface area contributed by atoms with Gasteiger partial charge in [0.2, 0.25) is 59.1 Å². The lowest BCUT2D eigenvalue weighted by molar-refractivity contribution is -0.137. The Balaban J connectivity index is 7.04. The van der Waals surface area contributed by atoms with Crippen LogP contribution >= 0.6 is 0 Å². The molecule has 0 bridgehead atoms. The molecule has 0 aliphatic carbocycles. The molecule has 0 spiro atoms. The number of aliphatic hydroxyl groups is 1. The summed E-state index contributed by atoms with van der Waals surface area (Å²) in [5.74, 6) is -7.94. The maximum atomic E-state index is 14.6. The summed E-state index contributed by atoms with van der Waals surface area (Å²) in [7, 11) is 0. The molecule has 0 saturated carbocycles. The van der Waals surface area contributed by atoms with Crippen molar-refractivity contribution in [2.75, 3.05) is 32.7 Å². The molecule has 0 aromatic rings. The minimum absolute atomic E-state index is 0.00243. The van der Waals surface area contributed by atoms with Crippen molar-refractivity contribution in [3.05, 3.63) is 0 Å². The molecule has 0 aromatic heterocycles. The monoisotopic (exact) mass is 1210 g/mol. The Morgan fingerprint density at radius 1 is 0.412 bits per heavy atom. The number of carbonyl (C=O) groups excluding carboxylic acids is 10. The Bertz CT molecular complexity index is 2110. The summed E-state index contributed by atoms with van der Waals surface area (Å²) in [5, 5.41) is 38.4. The van der Waals surface area contributed by atoms with Gasteiger partial charge in [0.1, 0.15) is 54.4 Å². The van der Waals surface area contributed by atoms with Crippen LogP contribution in [-0.4, -0.2) is 163 Å². The molecule has 27 nitrogen and oxygen atoms in total. The maximum absolute atomic E-state index is 14.6. The highest BCUT2D eigenvalue weighted by Gasteiger charge is 2.37. The quantitative estimate of drug-likeness (QED) is 0.0198. The fourth-order valence-electron chi connectivity index (χ4n) is 9.07. The van der Waals surface area contributed by atoms with E-state index in [0.717, 1.165) is 0 Å². The minimum atomic E-state index is -1.63. The first kappa shape index (κ1) is 78.8. The smallest absolute Gasteiger partial charge is 0.245 e. The van der Waals surface area contributed by atoms with E-state index in [1.807, 2.05) is 69.2 Å². The third-order valence-electron chi connectivity index (χ3n) is 13.8. The van der Waals surface area contributed by atoms with E-state index in [0.29, 0.717) is 44.6 Å². The van der Waals surface area contributed by atoms with Gasteiger partial charge < -0.3 is 86.9 Å². The van der Waals surface area contributed by atoms with E-state index in [9.17, 15) is 53.1 Å². The Labute approximate surface area is 505 Å². The summed E-state index contributed by atoms with van der Waals surface area (Å²) in [6, 6.07) is -11.2. The van der Waals surface area contributed by atoms with Gasteiger partial charge in [-0.1, -0.05) is 89.5 Å². The second-order valence-corrected chi connectivity index (χ2v) is 24.5. The second kappa shape index (κ2) is 42.6. The number of aliphatic hydroxyl groups excluding tert-OH is 1. The highest BCUT2D eigenvalue weighted by atomic mass is 16.3. The number of hydrogen-bond acceptors (Lipinski definition) is 15.